The highest BCUT2D eigenvalue weighted by Gasteiger charge is 2.41. The topological polar surface area (TPSA) is 58.9 Å². The third-order valence-electron chi connectivity index (χ3n) is 6.29. The number of aryl methyl sites for hydroxylation is 1. The second kappa shape index (κ2) is 9.11. The van der Waals surface area contributed by atoms with Crippen molar-refractivity contribution in [3.63, 3.8) is 0 Å². The fourth-order valence-corrected chi connectivity index (χ4v) is 4.95. The Morgan fingerprint density at radius 1 is 0.909 bits per heavy atom. The number of aromatic nitrogens is 4. The van der Waals surface area contributed by atoms with Crippen LogP contribution < -0.4 is 5.32 Å². The van der Waals surface area contributed by atoms with Crippen LogP contribution in [0.25, 0.3) is 0 Å². The number of nitrogens with one attached hydrogen (secondary N) is 1. The Bertz CT molecular complexity index is 1240. The summed E-state index contributed by atoms with van der Waals surface area (Å²) in [6, 6.07) is 16.5. The number of nitrogens with zero attached hydrogens (tertiary/aromatic N) is 5. The van der Waals surface area contributed by atoms with E-state index in [1.165, 1.54) is 28.1 Å². The summed E-state index contributed by atoms with van der Waals surface area (Å²) in [5.41, 5.74) is 7.04. The lowest BCUT2D eigenvalue weighted by molar-refractivity contribution is 0.309. The fraction of sp³-hybridized carbons (Fsp3) is 0.231. The standard InChI is InChI=1S/C26H26N6S/c1-18-14-22(19(2)31(18)17-21-6-5-10-28-15-21)25-24(23-7-3-4-11-29-23)30-26(33)32(25)16-20-8-12-27-13-9-20/h3-15,24-25H,16-17H2,1-2H3,(H,30,33)/t24-,25+/m1/s1. The lowest BCUT2D eigenvalue weighted by Crippen LogP contribution is -2.29. The van der Waals surface area contributed by atoms with E-state index in [2.05, 4.69) is 61.8 Å². The molecule has 6 nitrogen and oxygen atoms in total. The van der Waals surface area contributed by atoms with Gasteiger partial charge in [0.25, 0.3) is 0 Å². The van der Waals surface area contributed by atoms with Crippen molar-refractivity contribution >= 4 is 17.3 Å². The van der Waals surface area contributed by atoms with Crippen molar-refractivity contribution in [3.8, 4) is 0 Å². The first-order valence-corrected chi connectivity index (χ1v) is 11.4. The van der Waals surface area contributed by atoms with Gasteiger partial charge in [-0.25, -0.2) is 0 Å². The average Bonchev–Trinajstić information content (AvgIpc) is 3.31. The van der Waals surface area contributed by atoms with Crippen molar-refractivity contribution in [2.24, 2.45) is 0 Å². The van der Waals surface area contributed by atoms with Crippen molar-refractivity contribution in [2.45, 2.75) is 39.0 Å². The van der Waals surface area contributed by atoms with E-state index in [4.69, 9.17) is 12.2 Å². The van der Waals surface area contributed by atoms with Crippen molar-refractivity contribution in [3.05, 3.63) is 113 Å². The van der Waals surface area contributed by atoms with E-state index in [9.17, 15) is 0 Å². The SMILES string of the molecule is Cc1cc([C@H]2[C@@H](c3ccccn3)NC(=S)N2Cc2ccncc2)c(C)n1Cc1cccnc1. The van der Waals surface area contributed by atoms with Crippen LogP contribution in [0.3, 0.4) is 0 Å². The molecule has 0 radical (unpaired) electrons. The Hall–Kier alpha value is -3.58. The Labute approximate surface area is 199 Å². The molecule has 0 amide bonds. The zero-order chi connectivity index (χ0) is 22.8. The molecule has 5 heterocycles. The minimum Gasteiger partial charge on any atom is -0.352 e. The zero-order valence-corrected chi connectivity index (χ0v) is 19.5. The summed E-state index contributed by atoms with van der Waals surface area (Å²) in [7, 11) is 0. The van der Waals surface area contributed by atoms with Crippen LogP contribution >= 0.6 is 12.2 Å². The molecule has 0 aliphatic carbocycles. The molecule has 33 heavy (non-hydrogen) atoms. The molecule has 0 spiro atoms. The summed E-state index contributed by atoms with van der Waals surface area (Å²) in [6.07, 6.45) is 9.23. The van der Waals surface area contributed by atoms with Gasteiger partial charge in [0, 0.05) is 55.5 Å². The first-order valence-electron chi connectivity index (χ1n) is 11.0. The van der Waals surface area contributed by atoms with E-state index in [0.717, 1.165) is 17.4 Å². The lowest BCUT2D eigenvalue weighted by atomic mass is 9.96. The Morgan fingerprint density at radius 3 is 2.48 bits per heavy atom. The molecule has 0 saturated carbocycles. The van der Waals surface area contributed by atoms with E-state index >= 15 is 0 Å². The molecule has 1 fully saturated rings. The predicted molar refractivity (Wildman–Crippen MR) is 132 cm³/mol. The summed E-state index contributed by atoms with van der Waals surface area (Å²) < 4.78 is 2.35. The molecule has 4 aromatic heterocycles. The molecule has 2 atom stereocenters. The highest BCUT2D eigenvalue weighted by molar-refractivity contribution is 7.80. The monoisotopic (exact) mass is 454 g/mol. The molecule has 1 N–H and O–H groups in total. The van der Waals surface area contributed by atoms with Crippen molar-refractivity contribution in [1.82, 2.24) is 29.7 Å². The summed E-state index contributed by atoms with van der Waals surface area (Å²) in [4.78, 5) is 15.4. The van der Waals surface area contributed by atoms with E-state index in [1.54, 1.807) is 0 Å². The van der Waals surface area contributed by atoms with Gasteiger partial charge in [-0.2, -0.15) is 0 Å². The van der Waals surface area contributed by atoms with Gasteiger partial charge >= 0.3 is 0 Å². The second-order valence-corrected chi connectivity index (χ2v) is 8.77. The van der Waals surface area contributed by atoms with Gasteiger partial charge in [0.2, 0.25) is 0 Å². The second-order valence-electron chi connectivity index (χ2n) is 8.38. The molecule has 1 saturated heterocycles. The van der Waals surface area contributed by atoms with Gasteiger partial charge in [0.15, 0.2) is 5.11 Å². The van der Waals surface area contributed by atoms with E-state index in [1.807, 2.05) is 61.3 Å². The maximum atomic E-state index is 5.84. The summed E-state index contributed by atoms with van der Waals surface area (Å²) in [5, 5.41) is 4.30. The van der Waals surface area contributed by atoms with Crippen molar-refractivity contribution in [2.75, 3.05) is 0 Å². The minimum absolute atomic E-state index is 0.0226. The van der Waals surface area contributed by atoms with Crippen molar-refractivity contribution < 1.29 is 0 Å². The normalized spacial score (nSPS) is 17.9. The number of pyridine rings is 3. The Balaban J connectivity index is 1.56. The van der Waals surface area contributed by atoms with E-state index in [-0.39, 0.29) is 12.1 Å². The molecule has 4 aromatic rings. The number of hydrogen-bond donors (Lipinski definition) is 1. The van der Waals surface area contributed by atoms with Gasteiger partial charge in [0.1, 0.15) is 0 Å². The molecule has 7 heteroatoms. The van der Waals surface area contributed by atoms with Crippen LogP contribution in [0.2, 0.25) is 0 Å². The van der Waals surface area contributed by atoms with Gasteiger partial charge in [-0.1, -0.05) is 12.1 Å². The van der Waals surface area contributed by atoms with Crippen LogP contribution in [0.4, 0.5) is 0 Å². The summed E-state index contributed by atoms with van der Waals surface area (Å²) in [6.45, 7) is 5.85. The largest absolute Gasteiger partial charge is 0.352 e. The first-order chi connectivity index (χ1) is 16.1. The van der Waals surface area contributed by atoms with Crippen LogP contribution in [-0.4, -0.2) is 29.5 Å². The molecule has 166 valence electrons. The van der Waals surface area contributed by atoms with Gasteiger partial charge in [0.05, 0.1) is 17.8 Å². The third-order valence-corrected chi connectivity index (χ3v) is 6.65. The highest BCUT2D eigenvalue weighted by Crippen LogP contribution is 2.41. The van der Waals surface area contributed by atoms with E-state index in [0.29, 0.717) is 6.54 Å². The quantitative estimate of drug-likeness (QED) is 0.433. The molecule has 1 aliphatic heterocycles. The van der Waals surface area contributed by atoms with Gasteiger partial charge < -0.3 is 14.8 Å². The molecular formula is C26H26N6S. The summed E-state index contributed by atoms with van der Waals surface area (Å²) in [5.74, 6) is 0. The predicted octanol–water partition coefficient (Wildman–Crippen LogP) is 4.51. The van der Waals surface area contributed by atoms with Gasteiger partial charge in [-0.05, 0) is 79.2 Å². The molecule has 0 aromatic carbocycles. The fourth-order valence-electron chi connectivity index (χ4n) is 4.64. The molecular weight excluding hydrogens is 428 g/mol. The summed E-state index contributed by atoms with van der Waals surface area (Å²) >= 11 is 5.84. The number of hydrogen-bond acceptors (Lipinski definition) is 4. The van der Waals surface area contributed by atoms with Crippen LogP contribution in [-0.2, 0) is 13.1 Å². The first kappa shape index (κ1) is 21.3. The number of rotatable bonds is 6. The lowest BCUT2D eigenvalue weighted by Gasteiger charge is -2.28. The molecule has 5 rings (SSSR count). The van der Waals surface area contributed by atoms with Crippen molar-refractivity contribution in [1.29, 1.82) is 0 Å². The highest BCUT2D eigenvalue weighted by atomic mass is 32.1. The van der Waals surface area contributed by atoms with Crippen LogP contribution in [0.5, 0.6) is 0 Å². The number of thiocarbonyl (C=S) groups is 1. The van der Waals surface area contributed by atoms with Crippen LogP contribution in [0, 0.1) is 13.8 Å². The Morgan fingerprint density at radius 2 is 1.76 bits per heavy atom. The zero-order valence-electron chi connectivity index (χ0n) is 18.7. The molecule has 0 unspecified atom stereocenters. The van der Waals surface area contributed by atoms with Gasteiger partial charge in [-0.3, -0.25) is 15.0 Å². The smallest absolute Gasteiger partial charge is 0.170 e. The molecule has 1 aliphatic rings. The maximum absolute atomic E-state index is 5.84. The molecule has 0 bridgehead atoms. The van der Waals surface area contributed by atoms with Gasteiger partial charge in [-0.15, -0.1) is 0 Å². The van der Waals surface area contributed by atoms with Crippen LogP contribution in [0.15, 0.2) is 79.5 Å². The maximum Gasteiger partial charge on any atom is 0.170 e. The van der Waals surface area contributed by atoms with E-state index < -0.39 is 0 Å². The average molecular weight is 455 g/mol. The Kier molecular flexibility index (Phi) is 5.88. The third kappa shape index (κ3) is 4.24. The minimum atomic E-state index is -0.0344. The van der Waals surface area contributed by atoms with Crippen LogP contribution in [0.1, 0.15) is 45.9 Å².